The Morgan fingerprint density at radius 1 is 1.04 bits per heavy atom. The van der Waals surface area contributed by atoms with Gasteiger partial charge in [-0.3, -0.25) is 4.72 Å². The summed E-state index contributed by atoms with van der Waals surface area (Å²) in [5.74, 6) is 0.251. The molecular weight excluding hydrogens is 321 g/mol. The molecule has 0 unspecified atom stereocenters. The average Bonchev–Trinajstić information content (AvgIpc) is 2.74. The largest absolute Gasteiger partial charge is 0.490 e. The molecule has 0 amide bonds. The van der Waals surface area contributed by atoms with Crippen LogP contribution in [0.4, 0.5) is 10.1 Å². The van der Waals surface area contributed by atoms with Gasteiger partial charge in [0.05, 0.1) is 23.8 Å². The quantitative estimate of drug-likeness (QED) is 0.935. The van der Waals surface area contributed by atoms with Gasteiger partial charge in [-0.25, -0.2) is 12.8 Å². The maximum absolute atomic E-state index is 13.9. The zero-order valence-corrected chi connectivity index (χ0v) is 13.3. The Morgan fingerprint density at radius 3 is 2.52 bits per heavy atom. The number of anilines is 1. The summed E-state index contributed by atoms with van der Waals surface area (Å²) in [7, 11) is -3.92. The van der Waals surface area contributed by atoms with Crippen LogP contribution in [-0.4, -0.2) is 21.6 Å². The molecule has 5 nitrogen and oxygen atoms in total. The van der Waals surface area contributed by atoms with E-state index in [4.69, 9.17) is 9.47 Å². The number of benzene rings is 2. The molecule has 0 aromatic heterocycles. The van der Waals surface area contributed by atoms with Crippen LogP contribution in [-0.2, 0) is 10.0 Å². The van der Waals surface area contributed by atoms with E-state index in [2.05, 4.69) is 4.72 Å². The van der Waals surface area contributed by atoms with Crippen molar-refractivity contribution in [1.82, 2.24) is 0 Å². The highest BCUT2D eigenvalue weighted by molar-refractivity contribution is 7.92. The minimum Gasteiger partial charge on any atom is -0.490 e. The van der Waals surface area contributed by atoms with E-state index in [0.29, 0.717) is 30.3 Å². The van der Waals surface area contributed by atoms with E-state index in [-0.39, 0.29) is 10.6 Å². The maximum Gasteiger partial charge on any atom is 0.262 e. The van der Waals surface area contributed by atoms with E-state index < -0.39 is 15.8 Å². The van der Waals surface area contributed by atoms with E-state index in [9.17, 15) is 12.8 Å². The van der Waals surface area contributed by atoms with Gasteiger partial charge in [-0.1, -0.05) is 6.07 Å². The molecule has 0 spiro atoms. The Balaban J connectivity index is 1.92. The van der Waals surface area contributed by atoms with E-state index in [0.717, 1.165) is 6.42 Å². The third-order valence-electron chi connectivity index (χ3n) is 3.40. The number of ether oxygens (including phenoxy) is 2. The Bertz CT molecular complexity index is 836. The number of nitrogens with one attached hydrogen (secondary N) is 1. The molecule has 0 saturated carbocycles. The van der Waals surface area contributed by atoms with Crippen molar-refractivity contribution in [3.8, 4) is 11.5 Å². The van der Waals surface area contributed by atoms with Crippen molar-refractivity contribution in [2.75, 3.05) is 17.9 Å². The molecule has 2 aromatic rings. The SMILES string of the molecule is Cc1ccc(NS(=O)(=O)c2ccc3c(c2)OCCCO3)c(F)c1. The van der Waals surface area contributed by atoms with Gasteiger partial charge in [0.15, 0.2) is 11.5 Å². The second-order valence-corrected chi connectivity index (χ2v) is 6.93. The second kappa shape index (κ2) is 6.08. The first-order valence-electron chi connectivity index (χ1n) is 7.14. The van der Waals surface area contributed by atoms with Gasteiger partial charge in [0.2, 0.25) is 0 Å². The van der Waals surface area contributed by atoms with Crippen molar-refractivity contribution < 1.29 is 22.3 Å². The summed E-state index contributed by atoms with van der Waals surface area (Å²) in [4.78, 5) is -0.0123. The van der Waals surface area contributed by atoms with Crippen LogP contribution in [0.1, 0.15) is 12.0 Å². The number of rotatable bonds is 3. The van der Waals surface area contributed by atoms with Gasteiger partial charge in [0.25, 0.3) is 10.0 Å². The molecule has 1 aliphatic heterocycles. The summed E-state index contributed by atoms with van der Waals surface area (Å²) >= 11 is 0. The fourth-order valence-electron chi connectivity index (χ4n) is 2.22. The van der Waals surface area contributed by atoms with Crippen molar-refractivity contribution in [3.05, 3.63) is 47.8 Å². The van der Waals surface area contributed by atoms with Gasteiger partial charge >= 0.3 is 0 Å². The van der Waals surface area contributed by atoms with Crippen LogP contribution in [0.2, 0.25) is 0 Å². The third kappa shape index (κ3) is 3.39. The zero-order chi connectivity index (χ0) is 16.4. The molecule has 0 saturated heterocycles. The highest BCUT2D eigenvalue weighted by atomic mass is 32.2. The summed E-state index contributed by atoms with van der Waals surface area (Å²) in [5, 5.41) is 0. The standard InChI is InChI=1S/C16H16FNO4S/c1-11-3-5-14(13(17)9-11)18-23(19,20)12-4-6-15-16(10-12)22-8-2-7-21-15/h3-6,9-10,18H,2,7-8H2,1H3. The summed E-state index contributed by atoms with van der Waals surface area (Å²) < 4.78 is 51.9. The van der Waals surface area contributed by atoms with Crippen LogP contribution in [0.3, 0.4) is 0 Å². The molecule has 1 heterocycles. The Kier molecular flexibility index (Phi) is 4.12. The molecule has 3 rings (SSSR count). The summed E-state index contributed by atoms with van der Waals surface area (Å²) in [6.45, 7) is 2.70. The molecule has 23 heavy (non-hydrogen) atoms. The maximum atomic E-state index is 13.9. The number of sulfonamides is 1. The first kappa shape index (κ1) is 15.6. The van der Waals surface area contributed by atoms with Gasteiger partial charge in [-0.2, -0.15) is 0 Å². The molecule has 1 N–H and O–H groups in total. The van der Waals surface area contributed by atoms with Gasteiger partial charge in [-0.15, -0.1) is 0 Å². The van der Waals surface area contributed by atoms with Crippen LogP contribution in [0, 0.1) is 12.7 Å². The fourth-order valence-corrected chi connectivity index (χ4v) is 3.30. The molecule has 7 heteroatoms. The minimum atomic E-state index is -3.92. The second-order valence-electron chi connectivity index (χ2n) is 5.25. The Morgan fingerprint density at radius 2 is 1.78 bits per heavy atom. The molecule has 0 aliphatic carbocycles. The highest BCUT2D eigenvalue weighted by Gasteiger charge is 2.20. The summed E-state index contributed by atoms with van der Waals surface area (Å²) in [5.41, 5.74) is 0.615. The molecule has 0 atom stereocenters. The van der Waals surface area contributed by atoms with E-state index in [1.165, 1.54) is 24.3 Å². The van der Waals surface area contributed by atoms with Crippen molar-refractivity contribution >= 4 is 15.7 Å². The fraction of sp³-hybridized carbons (Fsp3) is 0.250. The van der Waals surface area contributed by atoms with Crippen LogP contribution in [0.25, 0.3) is 0 Å². The number of hydrogen-bond donors (Lipinski definition) is 1. The van der Waals surface area contributed by atoms with Gasteiger partial charge in [0.1, 0.15) is 5.82 Å². The van der Waals surface area contributed by atoms with Gasteiger partial charge in [-0.05, 0) is 36.8 Å². The zero-order valence-electron chi connectivity index (χ0n) is 12.5. The van der Waals surface area contributed by atoms with E-state index >= 15 is 0 Å². The average molecular weight is 337 g/mol. The van der Waals surface area contributed by atoms with Crippen LogP contribution in [0.15, 0.2) is 41.3 Å². The monoisotopic (exact) mass is 337 g/mol. The first-order chi connectivity index (χ1) is 11.0. The van der Waals surface area contributed by atoms with Crippen molar-refractivity contribution in [2.45, 2.75) is 18.2 Å². The van der Waals surface area contributed by atoms with Crippen molar-refractivity contribution in [2.24, 2.45) is 0 Å². The lowest BCUT2D eigenvalue weighted by molar-refractivity contribution is 0.297. The molecule has 2 aromatic carbocycles. The third-order valence-corrected chi connectivity index (χ3v) is 4.76. The van der Waals surface area contributed by atoms with E-state index in [1.54, 1.807) is 19.1 Å². The number of fused-ring (bicyclic) bond motifs is 1. The smallest absolute Gasteiger partial charge is 0.262 e. The predicted molar refractivity (Wildman–Crippen MR) is 84.0 cm³/mol. The summed E-state index contributed by atoms with van der Waals surface area (Å²) in [6.07, 6.45) is 0.726. The van der Waals surface area contributed by atoms with Gasteiger partial charge in [0, 0.05) is 12.5 Å². The lowest BCUT2D eigenvalue weighted by Gasteiger charge is -2.12. The summed E-state index contributed by atoms with van der Waals surface area (Å²) in [6, 6.07) is 8.63. The van der Waals surface area contributed by atoms with E-state index in [1.807, 2.05) is 0 Å². The lowest BCUT2D eigenvalue weighted by atomic mass is 10.2. The Labute approximate surface area is 134 Å². The number of hydrogen-bond acceptors (Lipinski definition) is 4. The normalized spacial score (nSPS) is 14.2. The lowest BCUT2D eigenvalue weighted by Crippen LogP contribution is -2.14. The van der Waals surface area contributed by atoms with Crippen LogP contribution in [0.5, 0.6) is 11.5 Å². The van der Waals surface area contributed by atoms with Crippen molar-refractivity contribution in [1.29, 1.82) is 0 Å². The van der Waals surface area contributed by atoms with Crippen LogP contribution < -0.4 is 14.2 Å². The molecule has 122 valence electrons. The highest BCUT2D eigenvalue weighted by Crippen LogP contribution is 2.32. The topological polar surface area (TPSA) is 64.6 Å². The molecule has 0 radical (unpaired) electrons. The van der Waals surface area contributed by atoms with Crippen molar-refractivity contribution in [3.63, 3.8) is 0 Å². The minimum absolute atomic E-state index is 0.0123. The molecule has 0 fully saturated rings. The molecular formula is C16H16FNO4S. The molecule has 1 aliphatic rings. The number of aryl methyl sites for hydroxylation is 1. The van der Waals surface area contributed by atoms with Crippen LogP contribution >= 0.6 is 0 Å². The first-order valence-corrected chi connectivity index (χ1v) is 8.63. The molecule has 0 bridgehead atoms. The predicted octanol–water partition coefficient (Wildman–Crippen LogP) is 3.10. The van der Waals surface area contributed by atoms with Gasteiger partial charge < -0.3 is 9.47 Å². The number of halogens is 1. The Hall–Kier alpha value is -2.28.